The number of nitro groups is 1. The molecule has 0 spiro atoms. The zero-order valence-corrected chi connectivity index (χ0v) is 11.8. The fraction of sp³-hybridized carbons (Fsp3) is 0.100. The van der Waals surface area contributed by atoms with Crippen LogP contribution in [0.4, 0.5) is 11.4 Å². The molecule has 2 aromatic heterocycles. The molecule has 0 amide bonds. The van der Waals surface area contributed by atoms with E-state index in [1.807, 2.05) is 0 Å². The molecule has 0 aliphatic heterocycles. The van der Waals surface area contributed by atoms with Gasteiger partial charge in [0.25, 0.3) is 11.4 Å². The minimum atomic E-state index is -1.27. The summed E-state index contributed by atoms with van der Waals surface area (Å²) >= 11 is 0.993. The van der Waals surface area contributed by atoms with Crippen LogP contribution in [0.15, 0.2) is 21.8 Å². The average Bonchev–Trinajstić information content (AvgIpc) is 3.02. The summed E-state index contributed by atoms with van der Waals surface area (Å²) in [5.74, 6) is -1.27. The van der Waals surface area contributed by atoms with E-state index in [0.29, 0.717) is 0 Å². The van der Waals surface area contributed by atoms with Crippen molar-refractivity contribution in [1.82, 2.24) is 5.16 Å². The maximum atomic E-state index is 11.8. The molecule has 3 rings (SSSR count). The molecule has 0 saturated heterocycles. The molecule has 1 aliphatic rings. The summed E-state index contributed by atoms with van der Waals surface area (Å²) in [6.45, 7) is 0. The van der Waals surface area contributed by atoms with Crippen LogP contribution in [0, 0.1) is 25.7 Å². The van der Waals surface area contributed by atoms with Crippen LogP contribution >= 0.6 is 11.3 Å². The third-order valence-corrected chi connectivity index (χ3v) is 4.38. The lowest BCUT2D eigenvalue weighted by Gasteiger charge is -2.16. The van der Waals surface area contributed by atoms with Gasteiger partial charge in [0, 0.05) is 5.38 Å². The van der Waals surface area contributed by atoms with Crippen LogP contribution in [-0.2, 0) is 0 Å². The van der Waals surface area contributed by atoms with Crippen molar-refractivity contribution in [3.8, 4) is 0 Å². The smallest absolute Gasteiger partial charge is 0.318 e. The van der Waals surface area contributed by atoms with E-state index in [9.17, 15) is 25.7 Å². The second-order valence-electron chi connectivity index (χ2n) is 4.53. The van der Waals surface area contributed by atoms with Crippen molar-refractivity contribution >= 4 is 28.4 Å². The van der Waals surface area contributed by atoms with Crippen molar-refractivity contribution < 1.29 is 19.4 Å². The topological polar surface area (TPSA) is 197 Å². The summed E-state index contributed by atoms with van der Waals surface area (Å²) < 4.78 is 4.39. The Morgan fingerprint density at radius 3 is 2.57 bits per heavy atom. The minimum absolute atomic E-state index is 0.0597. The highest BCUT2D eigenvalue weighted by Gasteiger charge is 2.48. The van der Waals surface area contributed by atoms with Crippen LogP contribution in [0.5, 0.6) is 0 Å². The molecule has 120 valence electrons. The first kappa shape index (κ1) is 14.6. The molecule has 2 aromatic rings. The Balaban J connectivity index is 2.35. The van der Waals surface area contributed by atoms with Crippen molar-refractivity contribution in [3.05, 3.63) is 59.2 Å². The number of anilines is 2. The Kier molecular flexibility index (Phi) is 3.07. The number of fused-ring (bicyclic) bond motifs is 1. The van der Waals surface area contributed by atoms with Crippen LogP contribution in [0.25, 0.3) is 0 Å². The fourth-order valence-electron chi connectivity index (χ4n) is 2.28. The average molecular weight is 339 g/mol. The van der Waals surface area contributed by atoms with Crippen LogP contribution in [-0.4, -0.2) is 20.7 Å². The number of nitrogen functional groups attached to an aromatic ring is 2. The molecule has 2 heterocycles. The fourth-order valence-corrected chi connectivity index (χ4v) is 3.28. The maximum Gasteiger partial charge on any atom is 0.318 e. The maximum absolute atomic E-state index is 11.8. The molecule has 4 N–H and O–H groups in total. The summed E-state index contributed by atoms with van der Waals surface area (Å²) in [6, 6.07) is 0. The zero-order valence-electron chi connectivity index (χ0n) is 11.0. The zero-order chi connectivity index (χ0) is 16.9. The number of hydrogen-bond acceptors (Lipinski definition) is 10. The highest BCUT2D eigenvalue weighted by Crippen LogP contribution is 2.43. The van der Waals surface area contributed by atoms with E-state index < -0.39 is 27.2 Å². The van der Waals surface area contributed by atoms with Gasteiger partial charge in [-0.3, -0.25) is 14.7 Å². The standard InChI is InChI=1S/C10H7N6O6S/c11-3-2-23-10(7(3)12)6-4(14(17)18)1-5(15(19)20)8-9(6)16(21)22-13-8/h1-2,6H,11-12H2/q-1. The van der Waals surface area contributed by atoms with Gasteiger partial charge in [0.1, 0.15) is 0 Å². The monoisotopic (exact) mass is 339 g/mol. The number of allylic oxidation sites excluding steroid dienone is 2. The second-order valence-corrected chi connectivity index (χ2v) is 5.45. The number of nitrogens with zero attached hydrogens (tertiary/aromatic N) is 4. The van der Waals surface area contributed by atoms with E-state index in [-0.39, 0.29) is 32.5 Å². The number of thiophene rings is 1. The molecular weight excluding hydrogens is 332 g/mol. The molecular formula is C10H7N6O6S-. The lowest BCUT2D eigenvalue weighted by Crippen LogP contribution is -2.36. The third-order valence-electron chi connectivity index (χ3n) is 3.30. The lowest BCUT2D eigenvalue weighted by molar-refractivity contribution is -0.808. The lowest BCUT2D eigenvalue weighted by atomic mass is 9.90. The van der Waals surface area contributed by atoms with E-state index in [1.165, 1.54) is 5.38 Å². The van der Waals surface area contributed by atoms with E-state index in [1.54, 1.807) is 0 Å². The highest BCUT2D eigenvalue weighted by molar-refractivity contribution is 7.11. The predicted octanol–water partition coefficient (Wildman–Crippen LogP) is -0.363. The largest absolute Gasteiger partial charge is 0.612 e. The van der Waals surface area contributed by atoms with Gasteiger partial charge in [-0.2, -0.15) is 4.90 Å². The molecule has 0 bridgehead atoms. The molecule has 0 saturated carbocycles. The van der Waals surface area contributed by atoms with Gasteiger partial charge in [0.15, 0.2) is 5.92 Å². The number of nitrogens with two attached hydrogens (primary N) is 2. The first-order valence-electron chi connectivity index (χ1n) is 5.92. The molecule has 12 nitrogen and oxygen atoms in total. The van der Waals surface area contributed by atoms with Gasteiger partial charge in [-0.05, 0) is 4.90 Å². The molecule has 0 fully saturated rings. The SMILES string of the molecule is Nc1csc(C2C([N+](=O)[O-])=CC(=[N+]([O-])[O-])c3no[n+]([O-])c32)c1N. The molecule has 1 atom stereocenters. The van der Waals surface area contributed by atoms with Crippen molar-refractivity contribution in [2.75, 3.05) is 11.5 Å². The number of rotatable bonds is 2. The van der Waals surface area contributed by atoms with Gasteiger partial charge in [-0.15, -0.1) is 11.3 Å². The van der Waals surface area contributed by atoms with Gasteiger partial charge in [-0.25, -0.2) is 0 Å². The van der Waals surface area contributed by atoms with Crippen molar-refractivity contribution in [2.45, 2.75) is 5.92 Å². The summed E-state index contributed by atoms with van der Waals surface area (Å²) in [5.41, 5.74) is 9.63. The van der Waals surface area contributed by atoms with Crippen LogP contribution in [0.3, 0.4) is 0 Å². The van der Waals surface area contributed by atoms with Gasteiger partial charge in [0.2, 0.25) is 5.69 Å². The molecule has 1 unspecified atom stereocenters. The Hall–Kier alpha value is -3.35. The molecule has 1 aliphatic carbocycles. The Labute approximate surface area is 130 Å². The third kappa shape index (κ3) is 2.02. The summed E-state index contributed by atoms with van der Waals surface area (Å²) in [5, 5.41) is 50.1. The quantitative estimate of drug-likeness (QED) is 0.416. The van der Waals surface area contributed by atoms with Gasteiger partial charge < -0.3 is 27.1 Å². The Morgan fingerprint density at radius 1 is 1.35 bits per heavy atom. The summed E-state index contributed by atoms with van der Waals surface area (Å²) in [4.78, 5) is 9.75. The van der Waals surface area contributed by atoms with Crippen molar-refractivity contribution in [1.29, 1.82) is 0 Å². The first-order chi connectivity index (χ1) is 10.8. The normalized spacial score (nSPS) is 16.8. The minimum Gasteiger partial charge on any atom is -0.612 e. The van der Waals surface area contributed by atoms with Crippen LogP contribution in [0.2, 0.25) is 0 Å². The van der Waals surface area contributed by atoms with E-state index in [2.05, 4.69) is 9.79 Å². The Bertz CT molecular complexity index is 879. The predicted molar refractivity (Wildman–Crippen MR) is 76.6 cm³/mol. The molecule has 23 heavy (non-hydrogen) atoms. The van der Waals surface area contributed by atoms with Crippen molar-refractivity contribution in [3.63, 3.8) is 0 Å². The van der Waals surface area contributed by atoms with E-state index in [0.717, 1.165) is 17.4 Å². The number of hydrogen-bond donors (Lipinski definition) is 2. The van der Waals surface area contributed by atoms with Gasteiger partial charge in [-0.1, -0.05) is 0 Å². The molecule has 0 radical (unpaired) electrons. The number of aromatic nitrogens is 2. The van der Waals surface area contributed by atoms with Gasteiger partial charge >= 0.3 is 5.69 Å². The van der Waals surface area contributed by atoms with Crippen LogP contribution < -0.4 is 16.4 Å². The van der Waals surface area contributed by atoms with Gasteiger partial charge in [0.05, 0.1) is 32.4 Å². The highest BCUT2D eigenvalue weighted by atomic mass is 32.1. The van der Waals surface area contributed by atoms with Crippen molar-refractivity contribution in [2.24, 2.45) is 0 Å². The Morgan fingerprint density at radius 2 is 2.04 bits per heavy atom. The van der Waals surface area contributed by atoms with Crippen LogP contribution in [0.1, 0.15) is 22.2 Å². The first-order valence-corrected chi connectivity index (χ1v) is 6.80. The summed E-state index contributed by atoms with van der Waals surface area (Å²) in [7, 11) is 0. The summed E-state index contributed by atoms with van der Waals surface area (Å²) in [6.07, 6.45) is 0.741. The second kappa shape index (κ2) is 4.84. The van der Waals surface area contributed by atoms with E-state index >= 15 is 0 Å². The molecule has 0 aromatic carbocycles. The van der Waals surface area contributed by atoms with E-state index in [4.69, 9.17) is 11.5 Å². The molecule has 13 heteroatoms.